The third-order valence-corrected chi connectivity index (χ3v) is 5.41. The van der Waals surface area contributed by atoms with Crippen molar-refractivity contribution in [2.45, 2.75) is 20.8 Å². The molecule has 0 radical (unpaired) electrons. The minimum Gasteiger partial charge on any atom is -0.372 e. The van der Waals surface area contributed by atoms with Crippen molar-refractivity contribution in [3.05, 3.63) is 84.4 Å². The molecule has 0 aliphatic rings. The highest BCUT2D eigenvalue weighted by molar-refractivity contribution is 5.82. The molecule has 1 aromatic heterocycles. The van der Waals surface area contributed by atoms with Crippen LogP contribution in [0.25, 0.3) is 33.9 Å². The summed E-state index contributed by atoms with van der Waals surface area (Å²) >= 11 is 0. The first kappa shape index (κ1) is 19.0. The van der Waals surface area contributed by atoms with Gasteiger partial charge in [0, 0.05) is 35.5 Å². The number of hydrogen-bond acceptors (Lipinski definition) is 2. The van der Waals surface area contributed by atoms with Gasteiger partial charge in [-0.25, -0.2) is 4.98 Å². The molecule has 3 nitrogen and oxygen atoms in total. The van der Waals surface area contributed by atoms with Crippen molar-refractivity contribution in [1.29, 1.82) is 0 Å². The summed E-state index contributed by atoms with van der Waals surface area (Å²) in [5.74, 6) is 0.909. The summed E-state index contributed by atoms with van der Waals surface area (Å²) in [6.45, 7) is 8.56. The molecule has 0 saturated carbocycles. The predicted molar refractivity (Wildman–Crippen MR) is 123 cm³/mol. The second kappa shape index (κ2) is 8.36. The van der Waals surface area contributed by atoms with E-state index in [0.717, 1.165) is 47.0 Å². The molecule has 0 atom stereocenters. The third kappa shape index (κ3) is 3.81. The van der Waals surface area contributed by atoms with Crippen LogP contribution in [0.3, 0.4) is 0 Å². The molecule has 0 spiro atoms. The largest absolute Gasteiger partial charge is 0.372 e. The summed E-state index contributed by atoms with van der Waals surface area (Å²) in [5.41, 5.74) is 7.92. The monoisotopic (exact) mass is 381 g/mol. The van der Waals surface area contributed by atoms with Crippen molar-refractivity contribution in [2.24, 2.45) is 0 Å². The molecule has 0 aliphatic carbocycles. The number of aromatic nitrogens is 2. The van der Waals surface area contributed by atoms with Crippen LogP contribution >= 0.6 is 0 Å². The number of anilines is 1. The zero-order valence-electron chi connectivity index (χ0n) is 17.3. The second-order valence-electron chi connectivity index (χ2n) is 7.21. The molecule has 4 aromatic rings. The number of benzene rings is 3. The fourth-order valence-electron chi connectivity index (χ4n) is 3.82. The van der Waals surface area contributed by atoms with Crippen LogP contribution in [0.15, 0.2) is 78.9 Å². The molecule has 146 valence electrons. The number of aryl methyl sites for hydroxylation is 1. The van der Waals surface area contributed by atoms with E-state index >= 15 is 0 Å². The number of imidazole rings is 1. The lowest BCUT2D eigenvalue weighted by atomic mass is 10.1. The predicted octanol–water partition coefficient (Wildman–Crippen LogP) is 6.57. The average molecular weight is 382 g/mol. The molecule has 3 aromatic carbocycles. The molecule has 4 rings (SSSR count). The summed E-state index contributed by atoms with van der Waals surface area (Å²) in [6.07, 6.45) is 0. The first-order valence-electron chi connectivity index (χ1n) is 10.3. The zero-order valence-corrected chi connectivity index (χ0v) is 17.3. The Morgan fingerprint density at radius 2 is 1.41 bits per heavy atom. The van der Waals surface area contributed by atoms with Crippen molar-refractivity contribution < 1.29 is 0 Å². The van der Waals surface area contributed by atoms with E-state index in [1.807, 2.05) is 12.1 Å². The van der Waals surface area contributed by atoms with E-state index in [9.17, 15) is 0 Å². The molecular formula is C26H27N3. The standard InChI is InChI=1S/C26H27N3/c1-4-29(5-2)22-16-17-23(19(3)18-22)26-27-24(20-12-8-6-9-13-20)25(28-26)21-14-10-7-11-15-21/h6-18H,4-5H2,1-3H3,(H,27,28). The Morgan fingerprint density at radius 3 is 2.00 bits per heavy atom. The molecule has 0 bridgehead atoms. The summed E-state index contributed by atoms with van der Waals surface area (Å²) in [5, 5.41) is 0. The Kier molecular flexibility index (Phi) is 5.48. The molecule has 0 fully saturated rings. The Morgan fingerprint density at radius 1 is 0.793 bits per heavy atom. The van der Waals surface area contributed by atoms with Crippen LogP contribution in [0.1, 0.15) is 19.4 Å². The molecular weight excluding hydrogens is 354 g/mol. The van der Waals surface area contributed by atoms with Gasteiger partial charge in [0.25, 0.3) is 0 Å². The van der Waals surface area contributed by atoms with E-state index in [1.165, 1.54) is 11.3 Å². The van der Waals surface area contributed by atoms with Gasteiger partial charge in [0.05, 0.1) is 11.4 Å². The Labute approximate surface area is 173 Å². The van der Waals surface area contributed by atoms with Crippen LogP contribution in [0, 0.1) is 6.92 Å². The molecule has 0 amide bonds. The van der Waals surface area contributed by atoms with Gasteiger partial charge in [-0.3, -0.25) is 0 Å². The van der Waals surface area contributed by atoms with Crippen LogP contribution in [-0.4, -0.2) is 23.1 Å². The molecule has 0 unspecified atom stereocenters. The van der Waals surface area contributed by atoms with Gasteiger partial charge in [-0.15, -0.1) is 0 Å². The van der Waals surface area contributed by atoms with E-state index in [1.54, 1.807) is 0 Å². The highest BCUT2D eigenvalue weighted by Crippen LogP contribution is 2.34. The first-order chi connectivity index (χ1) is 14.2. The van der Waals surface area contributed by atoms with E-state index in [-0.39, 0.29) is 0 Å². The average Bonchev–Trinajstić information content (AvgIpc) is 3.21. The number of nitrogens with one attached hydrogen (secondary N) is 1. The SMILES string of the molecule is CCN(CC)c1ccc(-c2nc(-c3ccccc3)c(-c3ccccc3)[nH]2)c(C)c1. The van der Waals surface area contributed by atoms with Crippen molar-refractivity contribution >= 4 is 5.69 Å². The van der Waals surface area contributed by atoms with Gasteiger partial charge in [0.1, 0.15) is 5.82 Å². The lowest BCUT2D eigenvalue weighted by Crippen LogP contribution is -2.21. The topological polar surface area (TPSA) is 31.9 Å². The summed E-state index contributed by atoms with van der Waals surface area (Å²) < 4.78 is 0. The Balaban J connectivity index is 1.83. The second-order valence-corrected chi connectivity index (χ2v) is 7.21. The maximum atomic E-state index is 5.03. The molecule has 0 aliphatic heterocycles. The zero-order chi connectivity index (χ0) is 20.2. The quantitative estimate of drug-likeness (QED) is 0.410. The van der Waals surface area contributed by atoms with Gasteiger partial charge < -0.3 is 9.88 Å². The Bertz CT molecular complexity index is 1020. The van der Waals surface area contributed by atoms with E-state index in [4.69, 9.17) is 4.98 Å². The minimum atomic E-state index is 0.909. The molecule has 1 N–H and O–H groups in total. The smallest absolute Gasteiger partial charge is 0.138 e. The molecule has 0 saturated heterocycles. The van der Waals surface area contributed by atoms with E-state index in [0.29, 0.717) is 0 Å². The van der Waals surface area contributed by atoms with Crippen LogP contribution in [0.4, 0.5) is 5.69 Å². The fourth-order valence-corrected chi connectivity index (χ4v) is 3.82. The Hall–Kier alpha value is -3.33. The van der Waals surface area contributed by atoms with Crippen molar-refractivity contribution in [2.75, 3.05) is 18.0 Å². The van der Waals surface area contributed by atoms with Gasteiger partial charge in [-0.1, -0.05) is 60.7 Å². The minimum absolute atomic E-state index is 0.909. The van der Waals surface area contributed by atoms with Crippen molar-refractivity contribution in [3.8, 4) is 33.9 Å². The number of H-pyrrole nitrogens is 1. The number of nitrogens with zero attached hydrogens (tertiary/aromatic N) is 2. The third-order valence-electron chi connectivity index (χ3n) is 5.41. The number of aromatic amines is 1. The van der Waals surface area contributed by atoms with Crippen LogP contribution < -0.4 is 4.90 Å². The van der Waals surface area contributed by atoms with Gasteiger partial charge >= 0.3 is 0 Å². The lowest BCUT2D eigenvalue weighted by molar-refractivity contribution is 0.865. The highest BCUT2D eigenvalue weighted by Gasteiger charge is 2.16. The van der Waals surface area contributed by atoms with Crippen LogP contribution in [0.2, 0.25) is 0 Å². The fraction of sp³-hybridized carbons (Fsp3) is 0.192. The highest BCUT2D eigenvalue weighted by atomic mass is 15.1. The van der Waals surface area contributed by atoms with E-state index < -0.39 is 0 Å². The molecule has 29 heavy (non-hydrogen) atoms. The van der Waals surface area contributed by atoms with E-state index in [2.05, 4.69) is 97.4 Å². The summed E-state index contributed by atoms with van der Waals surface area (Å²) in [7, 11) is 0. The van der Waals surface area contributed by atoms with Gasteiger partial charge in [-0.2, -0.15) is 0 Å². The number of rotatable bonds is 6. The maximum Gasteiger partial charge on any atom is 0.138 e. The lowest BCUT2D eigenvalue weighted by Gasteiger charge is -2.22. The van der Waals surface area contributed by atoms with Crippen LogP contribution in [-0.2, 0) is 0 Å². The number of hydrogen-bond donors (Lipinski definition) is 1. The maximum absolute atomic E-state index is 5.03. The van der Waals surface area contributed by atoms with Gasteiger partial charge in [-0.05, 0) is 44.5 Å². The van der Waals surface area contributed by atoms with Gasteiger partial charge in [0.15, 0.2) is 0 Å². The molecule has 3 heteroatoms. The van der Waals surface area contributed by atoms with Crippen molar-refractivity contribution in [3.63, 3.8) is 0 Å². The first-order valence-corrected chi connectivity index (χ1v) is 10.3. The summed E-state index contributed by atoms with van der Waals surface area (Å²) in [4.78, 5) is 11.0. The normalized spacial score (nSPS) is 10.9. The summed E-state index contributed by atoms with van der Waals surface area (Å²) in [6, 6.07) is 27.4. The van der Waals surface area contributed by atoms with Crippen LogP contribution in [0.5, 0.6) is 0 Å². The van der Waals surface area contributed by atoms with Gasteiger partial charge in [0.2, 0.25) is 0 Å². The molecule has 1 heterocycles. The van der Waals surface area contributed by atoms with Crippen molar-refractivity contribution in [1.82, 2.24) is 9.97 Å².